The predicted molar refractivity (Wildman–Crippen MR) is 61.2 cm³/mol. The van der Waals surface area contributed by atoms with Crippen molar-refractivity contribution in [3.05, 3.63) is 0 Å². The molecule has 2 rings (SSSR count). The Labute approximate surface area is 92.3 Å². The van der Waals surface area contributed by atoms with E-state index < -0.39 is 9.84 Å². The molecule has 0 aromatic rings. The van der Waals surface area contributed by atoms with E-state index in [1.807, 2.05) is 0 Å². The monoisotopic (exact) mass is 231 g/mol. The third kappa shape index (κ3) is 2.72. The lowest BCUT2D eigenvalue weighted by Gasteiger charge is -2.27. The Morgan fingerprint density at radius 1 is 1.33 bits per heavy atom. The molecule has 0 aromatic heterocycles. The third-order valence-electron chi connectivity index (χ3n) is 4.16. The number of hydrogen-bond acceptors (Lipinski definition) is 3. The SMILES string of the molecule is CS(=O)(=O)CCC(N)C1CC2CCC1C2. The molecule has 0 aliphatic heterocycles. The molecular formula is C11H21NO2S. The summed E-state index contributed by atoms with van der Waals surface area (Å²) in [5.74, 6) is 2.54. The standard InChI is InChI=1S/C11H21NO2S/c1-15(13,14)5-4-11(12)10-7-8-2-3-9(10)6-8/h8-11H,2-7,12H2,1H3. The molecule has 2 N–H and O–H groups in total. The first-order chi connectivity index (χ1) is 6.96. The maximum Gasteiger partial charge on any atom is 0.147 e. The number of fused-ring (bicyclic) bond motifs is 2. The van der Waals surface area contributed by atoms with E-state index in [1.165, 1.54) is 31.9 Å². The van der Waals surface area contributed by atoms with Crippen molar-refractivity contribution in [1.82, 2.24) is 0 Å². The summed E-state index contributed by atoms with van der Waals surface area (Å²) in [5, 5.41) is 0. The van der Waals surface area contributed by atoms with Crippen LogP contribution in [0.5, 0.6) is 0 Å². The molecule has 15 heavy (non-hydrogen) atoms. The highest BCUT2D eigenvalue weighted by Gasteiger charge is 2.41. The lowest BCUT2D eigenvalue weighted by atomic mass is 9.83. The van der Waals surface area contributed by atoms with Gasteiger partial charge < -0.3 is 5.73 Å². The fourth-order valence-electron chi connectivity index (χ4n) is 3.38. The minimum atomic E-state index is -2.84. The van der Waals surface area contributed by atoms with Crippen LogP contribution in [0.25, 0.3) is 0 Å². The second kappa shape index (κ2) is 4.06. The third-order valence-corrected chi connectivity index (χ3v) is 5.14. The Bertz CT molecular complexity index is 325. The molecule has 2 fully saturated rings. The number of hydrogen-bond donors (Lipinski definition) is 1. The summed E-state index contributed by atoms with van der Waals surface area (Å²) in [4.78, 5) is 0. The normalized spacial score (nSPS) is 37.1. The zero-order valence-corrected chi connectivity index (χ0v) is 10.2. The van der Waals surface area contributed by atoms with Crippen LogP contribution >= 0.6 is 0 Å². The van der Waals surface area contributed by atoms with Gasteiger partial charge in [-0.2, -0.15) is 0 Å². The molecule has 88 valence electrons. The van der Waals surface area contributed by atoms with Crippen LogP contribution in [0.15, 0.2) is 0 Å². The Morgan fingerprint density at radius 3 is 2.53 bits per heavy atom. The van der Waals surface area contributed by atoms with E-state index in [0.717, 1.165) is 11.8 Å². The topological polar surface area (TPSA) is 60.2 Å². The Morgan fingerprint density at radius 2 is 2.07 bits per heavy atom. The molecule has 4 unspecified atom stereocenters. The first-order valence-corrected chi connectivity index (χ1v) is 7.95. The van der Waals surface area contributed by atoms with E-state index in [4.69, 9.17) is 5.73 Å². The van der Waals surface area contributed by atoms with E-state index >= 15 is 0 Å². The van der Waals surface area contributed by atoms with Crippen LogP contribution in [0.3, 0.4) is 0 Å². The molecule has 4 atom stereocenters. The minimum absolute atomic E-state index is 0.107. The van der Waals surface area contributed by atoms with Gasteiger partial charge in [0.1, 0.15) is 9.84 Å². The van der Waals surface area contributed by atoms with Crippen LogP contribution in [0.2, 0.25) is 0 Å². The molecule has 2 aliphatic carbocycles. The number of sulfone groups is 1. The Hall–Kier alpha value is -0.0900. The highest BCUT2D eigenvalue weighted by molar-refractivity contribution is 7.90. The average Bonchev–Trinajstić information content (AvgIpc) is 2.73. The van der Waals surface area contributed by atoms with Crippen LogP contribution in [-0.2, 0) is 9.84 Å². The molecule has 2 bridgehead atoms. The smallest absolute Gasteiger partial charge is 0.147 e. The van der Waals surface area contributed by atoms with Crippen molar-refractivity contribution >= 4 is 9.84 Å². The first-order valence-electron chi connectivity index (χ1n) is 5.89. The van der Waals surface area contributed by atoms with E-state index in [0.29, 0.717) is 12.3 Å². The van der Waals surface area contributed by atoms with Crippen LogP contribution in [-0.4, -0.2) is 26.5 Å². The summed E-state index contributed by atoms with van der Waals surface area (Å²) in [7, 11) is -2.84. The largest absolute Gasteiger partial charge is 0.327 e. The second-order valence-electron chi connectivity index (χ2n) is 5.42. The van der Waals surface area contributed by atoms with Crippen LogP contribution < -0.4 is 5.73 Å². The van der Waals surface area contributed by atoms with Gasteiger partial charge in [-0.3, -0.25) is 0 Å². The maximum atomic E-state index is 11.1. The highest BCUT2D eigenvalue weighted by atomic mass is 32.2. The van der Waals surface area contributed by atoms with E-state index in [1.54, 1.807) is 0 Å². The molecule has 0 radical (unpaired) electrons. The lowest BCUT2D eigenvalue weighted by Crippen LogP contribution is -2.35. The zero-order valence-electron chi connectivity index (χ0n) is 9.35. The molecule has 0 amide bonds. The molecule has 2 aliphatic rings. The van der Waals surface area contributed by atoms with Gasteiger partial charge >= 0.3 is 0 Å². The van der Waals surface area contributed by atoms with Crippen molar-refractivity contribution in [2.75, 3.05) is 12.0 Å². The summed E-state index contributed by atoms with van der Waals surface area (Å²) < 4.78 is 22.1. The van der Waals surface area contributed by atoms with Gasteiger partial charge in [-0.05, 0) is 43.4 Å². The molecule has 0 heterocycles. The van der Waals surface area contributed by atoms with Gasteiger partial charge in [0, 0.05) is 12.3 Å². The second-order valence-corrected chi connectivity index (χ2v) is 7.68. The van der Waals surface area contributed by atoms with Crippen molar-refractivity contribution in [3.63, 3.8) is 0 Å². The van der Waals surface area contributed by atoms with Crippen molar-refractivity contribution in [1.29, 1.82) is 0 Å². The predicted octanol–water partition coefficient (Wildman–Crippen LogP) is 1.18. The zero-order chi connectivity index (χ0) is 11.1. The fourth-order valence-corrected chi connectivity index (χ4v) is 4.08. The number of rotatable bonds is 4. The molecule has 0 saturated heterocycles. The van der Waals surface area contributed by atoms with Gasteiger partial charge in [0.25, 0.3) is 0 Å². The first kappa shape index (κ1) is 11.4. The fraction of sp³-hybridized carbons (Fsp3) is 1.00. The average molecular weight is 231 g/mol. The van der Waals surface area contributed by atoms with Crippen LogP contribution in [0.1, 0.15) is 32.1 Å². The molecule has 4 heteroatoms. The van der Waals surface area contributed by atoms with Crippen molar-refractivity contribution < 1.29 is 8.42 Å². The minimum Gasteiger partial charge on any atom is -0.327 e. The van der Waals surface area contributed by atoms with Gasteiger partial charge in [-0.1, -0.05) is 6.42 Å². The summed E-state index contributed by atoms with van der Waals surface area (Å²) in [6.45, 7) is 0. The molecule has 0 aromatic carbocycles. The van der Waals surface area contributed by atoms with E-state index in [2.05, 4.69) is 0 Å². The summed E-state index contributed by atoms with van der Waals surface area (Å²) in [6, 6.07) is 0.107. The van der Waals surface area contributed by atoms with Crippen LogP contribution in [0.4, 0.5) is 0 Å². The highest BCUT2D eigenvalue weighted by Crippen LogP contribution is 2.49. The molecule has 0 spiro atoms. The van der Waals surface area contributed by atoms with Gasteiger partial charge in [-0.25, -0.2) is 8.42 Å². The van der Waals surface area contributed by atoms with E-state index in [-0.39, 0.29) is 11.8 Å². The molecule has 3 nitrogen and oxygen atoms in total. The van der Waals surface area contributed by atoms with Crippen molar-refractivity contribution in [3.8, 4) is 0 Å². The van der Waals surface area contributed by atoms with Gasteiger partial charge in [0.15, 0.2) is 0 Å². The maximum absolute atomic E-state index is 11.1. The van der Waals surface area contributed by atoms with Gasteiger partial charge in [-0.15, -0.1) is 0 Å². The number of nitrogens with two attached hydrogens (primary N) is 1. The van der Waals surface area contributed by atoms with Gasteiger partial charge in [0.05, 0.1) is 5.75 Å². The van der Waals surface area contributed by atoms with Crippen molar-refractivity contribution in [2.24, 2.45) is 23.5 Å². The van der Waals surface area contributed by atoms with Gasteiger partial charge in [0.2, 0.25) is 0 Å². The van der Waals surface area contributed by atoms with E-state index in [9.17, 15) is 8.42 Å². The molecule has 2 saturated carbocycles. The Balaban J connectivity index is 1.84. The molecular weight excluding hydrogens is 210 g/mol. The summed E-state index contributed by atoms with van der Waals surface area (Å²) in [6.07, 6.45) is 7.22. The van der Waals surface area contributed by atoms with Crippen molar-refractivity contribution in [2.45, 2.75) is 38.1 Å². The Kier molecular flexibility index (Phi) is 3.08. The van der Waals surface area contributed by atoms with Crippen LogP contribution in [0, 0.1) is 17.8 Å². The quantitative estimate of drug-likeness (QED) is 0.790. The lowest BCUT2D eigenvalue weighted by molar-refractivity contribution is 0.277. The summed E-state index contributed by atoms with van der Waals surface area (Å²) in [5.41, 5.74) is 6.11. The summed E-state index contributed by atoms with van der Waals surface area (Å²) >= 11 is 0.